The predicted octanol–water partition coefficient (Wildman–Crippen LogP) is 2.45. The molecule has 0 bridgehead atoms. The van der Waals surface area contributed by atoms with E-state index in [2.05, 4.69) is 11.8 Å². The van der Waals surface area contributed by atoms with Gasteiger partial charge in [0.2, 0.25) is 0 Å². The van der Waals surface area contributed by atoms with E-state index in [-0.39, 0.29) is 5.75 Å². The van der Waals surface area contributed by atoms with Gasteiger partial charge in [-0.25, -0.2) is 8.42 Å². The lowest BCUT2D eigenvalue weighted by molar-refractivity contribution is 0.299. The molecule has 110 valence electrons. The van der Waals surface area contributed by atoms with Gasteiger partial charge in [-0.15, -0.1) is 0 Å². The lowest BCUT2D eigenvalue weighted by Crippen LogP contribution is -2.30. The maximum atomic E-state index is 12.2. The van der Waals surface area contributed by atoms with Crippen LogP contribution in [-0.4, -0.2) is 38.7 Å². The molecule has 0 spiro atoms. The molecule has 0 fully saturated rings. The number of hydrogen-bond acceptors (Lipinski definition) is 4. The highest BCUT2D eigenvalue weighted by molar-refractivity contribution is 7.91. The van der Waals surface area contributed by atoms with Gasteiger partial charge in [0.15, 0.2) is 9.84 Å². The number of nitriles is 1. The van der Waals surface area contributed by atoms with Gasteiger partial charge >= 0.3 is 0 Å². The minimum absolute atomic E-state index is 0.121. The van der Waals surface area contributed by atoms with Gasteiger partial charge in [0.1, 0.15) is 0 Å². The Bertz CT molecular complexity index is 544. The van der Waals surface area contributed by atoms with E-state index >= 15 is 0 Å². The molecule has 20 heavy (non-hydrogen) atoms. The maximum absolute atomic E-state index is 12.2. The van der Waals surface area contributed by atoms with E-state index in [4.69, 9.17) is 5.26 Å². The van der Waals surface area contributed by atoms with Crippen molar-refractivity contribution in [2.45, 2.75) is 31.6 Å². The third kappa shape index (κ3) is 4.95. The number of hydrogen-bond donors (Lipinski definition) is 0. The summed E-state index contributed by atoms with van der Waals surface area (Å²) in [6, 6.07) is 8.09. The van der Waals surface area contributed by atoms with Crippen LogP contribution in [0.25, 0.3) is 0 Å². The van der Waals surface area contributed by atoms with Crippen molar-refractivity contribution in [3.63, 3.8) is 0 Å². The van der Waals surface area contributed by atoms with Crippen LogP contribution in [0.1, 0.15) is 32.3 Å². The Morgan fingerprint density at radius 3 is 2.30 bits per heavy atom. The Kier molecular flexibility index (Phi) is 6.69. The van der Waals surface area contributed by atoms with Gasteiger partial charge in [-0.2, -0.15) is 5.26 Å². The molecule has 0 unspecified atom stereocenters. The molecule has 5 heteroatoms. The molecule has 0 aliphatic rings. The van der Waals surface area contributed by atoms with Gasteiger partial charge in [0.05, 0.1) is 22.3 Å². The minimum Gasteiger partial charge on any atom is -0.303 e. The molecule has 1 aromatic carbocycles. The van der Waals surface area contributed by atoms with Crippen LogP contribution in [-0.2, 0) is 9.84 Å². The summed E-state index contributed by atoms with van der Waals surface area (Å²) >= 11 is 0. The number of sulfone groups is 1. The second-order valence-corrected chi connectivity index (χ2v) is 6.85. The topological polar surface area (TPSA) is 61.2 Å². The summed E-state index contributed by atoms with van der Waals surface area (Å²) < 4.78 is 24.4. The Morgan fingerprint density at radius 2 is 1.80 bits per heavy atom. The number of benzene rings is 1. The van der Waals surface area contributed by atoms with Crippen molar-refractivity contribution in [3.05, 3.63) is 29.8 Å². The van der Waals surface area contributed by atoms with Crippen molar-refractivity contribution in [2.75, 3.05) is 25.4 Å². The van der Waals surface area contributed by atoms with Gasteiger partial charge in [-0.3, -0.25) is 0 Å². The van der Waals surface area contributed by atoms with Crippen molar-refractivity contribution in [1.82, 2.24) is 4.90 Å². The lowest BCUT2D eigenvalue weighted by Gasteiger charge is -2.19. The average Bonchev–Trinajstić information content (AvgIpc) is 2.47. The fraction of sp³-hybridized carbons (Fsp3) is 0.533. The largest absolute Gasteiger partial charge is 0.303 e. The van der Waals surface area contributed by atoms with Gasteiger partial charge in [-0.1, -0.05) is 20.3 Å². The van der Waals surface area contributed by atoms with Crippen LogP contribution in [0.15, 0.2) is 29.2 Å². The molecule has 4 nitrogen and oxygen atoms in total. The van der Waals surface area contributed by atoms with Crippen LogP contribution in [0.3, 0.4) is 0 Å². The highest BCUT2D eigenvalue weighted by Gasteiger charge is 2.15. The summed E-state index contributed by atoms with van der Waals surface area (Å²) in [6.45, 7) is 6.53. The first-order chi connectivity index (χ1) is 9.53. The SMILES string of the molecule is CCCCN(CC)CCS(=O)(=O)c1ccc(C#N)cc1. The summed E-state index contributed by atoms with van der Waals surface area (Å²) in [4.78, 5) is 2.45. The van der Waals surface area contributed by atoms with Crippen molar-refractivity contribution in [2.24, 2.45) is 0 Å². The second-order valence-electron chi connectivity index (χ2n) is 4.74. The lowest BCUT2D eigenvalue weighted by atomic mass is 10.2. The van der Waals surface area contributed by atoms with Crippen LogP contribution < -0.4 is 0 Å². The molecule has 0 radical (unpaired) electrons. The zero-order valence-electron chi connectivity index (χ0n) is 12.2. The zero-order chi connectivity index (χ0) is 15.0. The van der Waals surface area contributed by atoms with Gasteiger partial charge in [0.25, 0.3) is 0 Å². The molecule has 0 aromatic heterocycles. The minimum atomic E-state index is -3.27. The summed E-state index contributed by atoms with van der Waals surface area (Å²) in [5, 5.41) is 8.72. The Hall–Kier alpha value is -1.38. The van der Waals surface area contributed by atoms with Gasteiger partial charge in [-0.05, 0) is 43.8 Å². The van der Waals surface area contributed by atoms with Crippen LogP contribution in [0.5, 0.6) is 0 Å². The van der Waals surface area contributed by atoms with E-state index < -0.39 is 9.84 Å². The molecule has 1 aromatic rings. The first-order valence-electron chi connectivity index (χ1n) is 6.98. The third-order valence-electron chi connectivity index (χ3n) is 3.29. The Balaban J connectivity index is 2.66. The normalized spacial score (nSPS) is 11.5. The molecule has 0 aliphatic carbocycles. The molecule has 0 saturated carbocycles. The van der Waals surface area contributed by atoms with E-state index in [0.717, 1.165) is 25.9 Å². The molecule has 0 atom stereocenters. The summed E-state index contributed by atoms with van der Waals surface area (Å²) in [5.74, 6) is 0.121. The molecule has 1 rings (SSSR count). The summed E-state index contributed by atoms with van der Waals surface area (Å²) in [5.41, 5.74) is 0.474. The van der Waals surface area contributed by atoms with E-state index in [9.17, 15) is 8.42 Å². The van der Waals surface area contributed by atoms with Crippen molar-refractivity contribution < 1.29 is 8.42 Å². The predicted molar refractivity (Wildman–Crippen MR) is 80.2 cm³/mol. The quantitative estimate of drug-likeness (QED) is 0.739. The van der Waals surface area contributed by atoms with E-state index in [1.165, 1.54) is 12.1 Å². The van der Waals surface area contributed by atoms with Crippen molar-refractivity contribution in [1.29, 1.82) is 5.26 Å². The average molecular weight is 294 g/mol. The van der Waals surface area contributed by atoms with Gasteiger partial charge < -0.3 is 4.90 Å². The highest BCUT2D eigenvalue weighted by atomic mass is 32.2. The highest BCUT2D eigenvalue weighted by Crippen LogP contribution is 2.12. The number of rotatable bonds is 8. The summed E-state index contributed by atoms with van der Waals surface area (Å²) in [7, 11) is -3.27. The van der Waals surface area contributed by atoms with Gasteiger partial charge in [0, 0.05) is 6.54 Å². The van der Waals surface area contributed by atoms with E-state index in [1.54, 1.807) is 12.1 Å². The standard InChI is InChI=1S/C15H22N2O2S/c1-3-5-10-17(4-2)11-12-20(18,19)15-8-6-14(13-16)7-9-15/h6-9H,3-5,10-12H2,1-2H3. The molecule has 0 saturated heterocycles. The molecule has 0 N–H and O–H groups in total. The fourth-order valence-electron chi connectivity index (χ4n) is 1.91. The van der Waals surface area contributed by atoms with E-state index in [1.807, 2.05) is 13.0 Å². The Labute approximate surface area is 121 Å². The molecular formula is C15H22N2O2S. The first-order valence-corrected chi connectivity index (χ1v) is 8.64. The number of unbranched alkanes of at least 4 members (excludes halogenated alkanes) is 1. The van der Waals surface area contributed by atoms with Crippen LogP contribution >= 0.6 is 0 Å². The fourth-order valence-corrected chi connectivity index (χ4v) is 3.20. The number of nitrogens with zero attached hydrogens (tertiary/aromatic N) is 2. The van der Waals surface area contributed by atoms with E-state index in [0.29, 0.717) is 17.0 Å². The molecule has 0 heterocycles. The second kappa shape index (κ2) is 8.03. The monoisotopic (exact) mass is 294 g/mol. The smallest absolute Gasteiger partial charge is 0.179 e. The maximum Gasteiger partial charge on any atom is 0.179 e. The third-order valence-corrected chi connectivity index (χ3v) is 5.00. The molecule has 0 amide bonds. The molecular weight excluding hydrogens is 272 g/mol. The van der Waals surface area contributed by atoms with Crippen molar-refractivity contribution in [3.8, 4) is 6.07 Å². The first kappa shape index (κ1) is 16.7. The van der Waals surface area contributed by atoms with Crippen LogP contribution in [0.4, 0.5) is 0 Å². The zero-order valence-corrected chi connectivity index (χ0v) is 13.0. The Morgan fingerprint density at radius 1 is 1.15 bits per heavy atom. The van der Waals surface area contributed by atoms with Crippen molar-refractivity contribution >= 4 is 9.84 Å². The molecule has 0 aliphatic heterocycles. The van der Waals surface area contributed by atoms with Crippen LogP contribution in [0.2, 0.25) is 0 Å². The summed E-state index contributed by atoms with van der Waals surface area (Å²) in [6.07, 6.45) is 2.20. The van der Waals surface area contributed by atoms with Crippen LogP contribution in [0, 0.1) is 11.3 Å².